The zero-order valence-electron chi connectivity index (χ0n) is 16.1. The number of ether oxygens (including phenoxy) is 1. The van der Waals surface area contributed by atoms with Crippen LogP contribution in [0.15, 0.2) is 40.3 Å². The largest absolute Gasteiger partial charge is 0.494 e. The number of amides is 1. The molecule has 1 aliphatic rings. The zero-order chi connectivity index (χ0) is 19.6. The molecule has 1 unspecified atom stereocenters. The first-order chi connectivity index (χ1) is 12.8. The third-order valence-electron chi connectivity index (χ3n) is 4.33. The number of fused-ring (bicyclic) bond motifs is 1. The van der Waals surface area contributed by atoms with Crippen molar-refractivity contribution < 1.29 is 9.53 Å². The van der Waals surface area contributed by atoms with Crippen molar-refractivity contribution in [1.82, 2.24) is 9.55 Å². The van der Waals surface area contributed by atoms with Gasteiger partial charge in [-0.15, -0.1) is 0 Å². The van der Waals surface area contributed by atoms with Gasteiger partial charge in [0.25, 0.3) is 5.56 Å². The second-order valence-electron chi connectivity index (χ2n) is 7.56. The van der Waals surface area contributed by atoms with E-state index in [0.717, 1.165) is 11.4 Å². The summed E-state index contributed by atoms with van der Waals surface area (Å²) in [4.78, 5) is 29.7. The van der Waals surface area contributed by atoms with Gasteiger partial charge in [-0.2, -0.15) is 0 Å². The van der Waals surface area contributed by atoms with Gasteiger partial charge in [-0.25, -0.2) is 4.98 Å². The number of benzene rings is 1. The minimum absolute atomic E-state index is 0.0891. The molecule has 1 amide bonds. The van der Waals surface area contributed by atoms with Crippen LogP contribution in [0.3, 0.4) is 0 Å². The lowest BCUT2D eigenvalue weighted by Gasteiger charge is -2.19. The van der Waals surface area contributed by atoms with Crippen molar-refractivity contribution in [2.24, 2.45) is 0 Å². The molecular formula is C20H25N3O3S. The molecule has 0 saturated heterocycles. The third-order valence-corrected chi connectivity index (χ3v) is 5.43. The van der Waals surface area contributed by atoms with Crippen LogP contribution in [-0.4, -0.2) is 27.8 Å². The second-order valence-corrected chi connectivity index (χ2v) is 8.54. The minimum Gasteiger partial charge on any atom is -0.494 e. The predicted molar refractivity (Wildman–Crippen MR) is 108 cm³/mol. The molecular weight excluding hydrogens is 362 g/mol. The molecule has 3 rings (SSSR count). The van der Waals surface area contributed by atoms with Crippen LogP contribution in [0.5, 0.6) is 5.75 Å². The molecule has 0 spiro atoms. The molecule has 0 radical (unpaired) electrons. The maximum absolute atomic E-state index is 12.6. The van der Waals surface area contributed by atoms with E-state index in [-0.39, 0.29) is 29.3 Å². The van der Waals surface area contributed by atoms with Gasteiger partial charge in [0.2, 0.25) is 5.91 Å². The highest BCUT2D eigenvalue weighted by Crippen LogP contribution is 2.33. The van der Waals surface area contributed by atoms with E-state index >= 15 is 0 Å². The SMILES string of the molecule is CCOc1ccc(NC(=O)CC2CSc3nc(C(C)(C)C)cc(=O)n32)cc1. The van der Waals surface area contributed by atoms with Crippen LogP contribution in [0.2, 0.25) is 0 Å². The number of aromatic nitrogens is 2. The van der Waals surface area contributed by atoms with Gasteiger partial charge >= 0.3 is 0 Å². The summed E-state index contributed by atoms with van der Waals surface area (Å²) in [6.45, 7) is 8.63. The van der Waals surface area contributed by atoms with E-state index in [9.17, 15) is 9.59 Å². The highest BCUT2D eigenvalue weighted by Gasteiger charge is 2.29. The first-order valence-electron chi connectivity index (χ1n) is 9.07. The van der Waals surface area contributed by atoms with Crippen molar-refractivity contribution >= 4 is 23.4 Å². The summed E-state index contributed by atoms with van der Waals surface area (Å²) in [5.41, 5.74) is 1.22. The summed E-state index contributed by atoms with van der Waals surface area (Å²) in [5, 5.41) is 3.58. The summed E-state index contributed by atoms with van der Waals surface area (Å²) in [7, 11) is 0. The Morgan fingerprint density at radius 2 is 2.04 bits per heavy atom. The molecule has 1 aromatic carbocycles. The van der Waals surface area contributed by atoms with Crippen LogP contribution in [0.4, 0.5) is 5.69 Å². The van der Waals surface area contributed by atoms with E-state index in [1.165, 1.54) is 11.8 Å². The van der Waals surface area contributed by atoms with Crippen molar-refractivity contribution in [3.8, 4) is 5.75 Å². The Morgan fingerprint density at radius 3 is 2.67 bits per heavy atom. The lowest BCUT2D eigenvalue weighted by Crippen LogP contribution is -2.29. The highest BCUT2D eigenvalue weighted by atomic mass is 32.2. The van der Waals surface area contributed by atoms with E-state index in [1.54, 1.807) is 10.6 Å². The molecule has 1 N–H and O–H groups in total. The molecule has 0 fully saturated rings. The van der Waals surface area contributed by atoms with Gasteiger partial charge in [0.15, 0.2) is 5.16 Å². The van der Waals surface area contributed by atoms with Crippen LogP contribution in [-0.2, 0) is 10.2 Å². The van der Waals surface area contributed by atoms with Gasteiger partial charge in [0, 0.05) is 29.3 Å². The van der Waals surface area contributed by atoms with Gasteiger partial charge in [0.1, 0.15) is 5.75 Å². The van der Waals surface area contributed by atoms with E-state index in [1.807, 2.05) is 52.0 Å². The smallest absolute Gasteiger partial charge is 0.254 e. The van der Waals surface area contributed by atoms with Crippen LogP contribution >= 0.6 is 11.8 Å². The number of nitrogens with zero attached hydrogens (tertiary/aromatic N) is 2. The standard InChI is InChI=1S/C20H25N3O3S/c1-5-26-15-8-6-13(7-9-15)21-17(24)10-14-12-27-19-22-16(20(2,3)4)11-18(25)23(14)19/h6-9,11,14H,5,10,12H2,1-4H3,(H,21,24). The van der Waals surface area contributed by atoms with Crippen molar-refractivity contribution in [3.05, 3.63) is 46.4 Å². The maximum Gasteiger partial charge on any atom is 0.254 e. The van der Waals surface area contributed by atoms with Crippen molar-refractivity contribution in [1.29, 1.82) is 0 Å². The minimum atomic E-state index is -0.182. The molecule has 144 valence electrons. The fraction of sp³-hybridized carbons (Fsp3) is 0.450. The molecule has 0 saturated carbocycles. The summed E-state index contributed by atoms with van der Waals surface area (Å²) in [6.07, 6.45) is 0.240. The van der Waals surface area contributed by atoms with Crippen molar-refractivity contribution in [2.45, 2.75) is 50.7 Å². The monoisotopic (exact) mass is 387 g/mol. The fourth-order valence-electron chi connectivity index (χ4n) is 2.91. The number of hydrogen-bond donors (Lipinski definition) is 1. The summed E-state index contributed by atoms with van der Waals surface area (Å²) >= 11 is 1.53. The third kappa shape index (κ3) is 4.53. The molecule has 0 aliphatic carbocycles. The van der Waals surface area contributed by atoms with Gasteiger partial charge in [0.05, 0.1) is 18.3 Å². The molecule has 2 heterocycles. The topological polar surface area (TPSA) is 73.2 Å². The molecule has 0 bridgehead atoms. The summed E-state index contributed by atoms with van der Waals surface area (Å²) in [6, 6.07) is 8.67. The molecule has 6 nitrogen and oxygen atoms in total. The van der Waals surface area contributed by atoms with Crippen LogP contribution < -0.4 is 15.6 Å². The quantitative estimate of drug-likeness (QED) is 0.794. The lowest BCUT2D eigenvalue weighted by molar-refractivity contribution is -0.116. The van der Waals surface area contributed by atoms with E-state index in [2.05, 4.69) is 10.3 Å². The fourth-order valence-corrected chi connectivity index (χ4v) is 4.06. The number of anilines is 1. The predicted octanol–water partition coefficient (Wildman–Crippen LogP) is 3.62. The van der Waals surface area contributed by atoms with E-state index in [4.69, 9.17) is 4.74 Å². The molecule has 1 atom stereocenters. The van der Waals surface area contributed by atoms with Gasteiger partial charge in [-0.1, -0.05) is 32.5 Å². The number of carbonyl (C=O) groups excluding carboxylic acids is 1. The van der Waals surface area contributed by atoms with E-state index in [0.29, 0.717) is 23.2 Å². The van der Waals surface area contributed by atoms with Gasteiger partial charge < -0.3 is 10.1 Å². The Labute approximate surface area is 163 Å². The summed E-state index contributed by atoms with van der Waals surface area (Å²) < 4.78 is 7.05. The van der Waals surface area contributed by atoms with Crippen molar-refractivity contribution in [3.63, 3.8) is 0 Å². The molecule has 2 aromatic rings. The summed E-state index contributed by atoms with van der Waals surface area (Å²) in [5.74, 6) is 1.32. The Hall–Kier alpha value is -2.28. The number of hydrogen-bond acceptors (Lipinski definition) is 5. The van der Waals surface area contributed by atoms with Gasteiger partial charge in [-0.3, -0.25) is 14.2 Å². The number of nitrogens with one attached hydrogen (secondary N) is 1. The van der Waals surface area contributed by atoms with Gasteiger partial charge in [-0.05, 0) is 31.2 Å². The zero-order valence-corrected chi connectivity index (χ0v) is 16.9. The van der Waals surface area contributed by atoms with Crippen LogP contribution in [0, 0.1) is 0 Å². The Balaban J connectivity index is 1.69. The number of carbonyl (C=O) groups is 1. The average molecular weight is 388 g/mol. The molecule has 27 heavy (non-hydrogen) atoms. The Morgan fingerprint density at radius 1 is 1.33 bits per heavy atom. The van der Waals surface area contributed by atoms with Crippen molar-refractivity contribution in [2.75, 3.05) is 17.7 Å². The van der Waals surface area contributed by atoms with Crippen LogP contribution in [0.25, 0.3) is 0 Å². The Kier molecular flexibility index (Phi) is 5.60. The van der Waals surface area contributed by atoms with Crippen LogP contribution in [0.1, 0.15) is 45.9 Å². The average Bonchev–Trinajstić information content (AvgIpc) is 2.99. The molecule has 7 heteroatoms. The lowest BCUT2D eigenvalue weighted by atomic mass is 9.92. The second kappa shape index (κ2) is 7.76. The van der Waals surface area contributed by atoms with E-state index < -0.39 is 0 Å². The number of rotatable bonds is 5. The number of thioether (sulfide) groups is 1. The Bertz CT molecular complexity index is 885. The first-order valence-corrected chi connectivity index (χ1v) is 10.1. The normalized spacial score (nSPS) is 16.1. The maximum atomic E-state index is 12.6. The molecule has 1 aromatic heterocycles. The first kappa shape index (κ1) is 19.5. The molecule has 1 aliphatic heterocycles. The highest BCUT2D eigenvalue weighted by molar-refractivity contribution is 7.99.